The topological polar surface area (TPSA) is 41.1 Å². The summed E-state index contributed by atoms with van der Waals surface area (Å²) in [5.41, 5.74) is 3.69. The molecule has 0 spiro atoms. The van der Waals surface area contributed by atoms with Crippen molar-refractivity contribution in [3.8, 4) is 0 Å². The first-order chi connectivity index (χ1) is 11.0. The van der Waals surface area contributed by atoms with Crippen LogP contribution in [-0.2, 0) is 0 Å². The van der Waals surface area contributed by atoms with Gasteiger partial charge >= 0.3 is 0 Å². The van der Waals surface area contributed by atoms with Crippen molar-refractivity contribution < 1.29 is 4.79 Å². The number of benzene rings is 2. The molecule has 3 nitrogen and oxygen atoms in total. The van der Waals surface area contributed by atoms with E-state index in [4.69, 9.17) is 12.2 Å². The Bertz CT molecular complexity index is 712. The van der Waals surface area contributed by atoms with Gasteiger partial charge in [-0.3, -0.25) is 10.1 Å². The van der Waals surface area contributed by atoms with Gasteiger partial charge in [0, 0.05) is 11.3 Å². The van der Waals surface area contributed by atoms with Crippen LogP contribution in [0.5, 0.6) is 0 Å². The molecular formula is C19H22N2OS. The van der Waals surface area contributed by atoms with Gasteiger partial charge in [-0.25, -0.2) is 0 Å². The average Bonchev–Trinajstić information content (AvgIpc) is 2.54. The number of carbonyl (C=O) groups excluding carboxylic acids is 1. The van der Waals surface area contributed by atoms with E-state index in [-0.39, 0.29) is 5.91 Å². The zero-order valence-corrected chi connectivity index (χ0v) is 14.5. The van der Waals surface area contributed by atoms with E-state index in [9.17, 15) is 4.79 Å². The first kappa shape index (κ1) is 17.2. The van der Waals surface area contributed by atoms with Gasteiger partial charge in [-0.2, -0.15) is 0 Å². The van der Waals surface area contributed by atoms with Crippen LogP contribution in [0, 0.1) is 6.92 Å². The molecule has 0 bridgehead atoms. The fourth-order valence-corrected chi connectivity index (χ4v) is 2.61. The molecule has 120 valence electrons. The van der Waals surface area contributed by atoms with Gasteiger partial charge in [-0.15, -0.1) is 0 Å². The molecular weight excluding hydrogens is 304 g/mol. The van der Waals surface area contributed by atoms with E-state index in [0.717, 1.165) is 17.7 Å². The molecule has 0 aromatic heterocycles. The van der Waals surface area contributed by atoms with Gasteiger partial charge in [0.15, 0.2) is 5.11 Å². The molecule has 0 aliphatic heterocycles. The van der Waals surface area contributed by atoms with E-state index >= 15 is 0 Å². The van der Waals surface area contributed by atoms with E-state index < -0.39 is 0 Å². The highest BCUT2D eigenvalue weighted by Gasteiger charge is 2.12. The third-order valence-corrected chi connectivity index (χ3v) is 4.17. The fraction of sp³-hybridized carbons (Fsp3) is 0.263. The zero-order valence-electron chi connectivity index (χ0n) is 13.7. The minimum Gasteiger partial charge on any atom is -0.332 e. The van der Waals surface area contributed by atoms with Gasteiger partial charge in [0.1, 0.15) is 0 Å². The maximum absolute atomic E-state index is 12.3. The molecule has 0 aliphatic carbocycles. The number of anilines is 1. The van der Waals surface area contributed by atoms with Crippen molar-refractivity contribution in [2.45, 2.75) is 33.1 Å². The average molecular weight is 326 g/mol. The molecule has 2 rings (SSSR count). The van der Waals surface area contributed by atoms with Gasteiger partial charge in [0.2, 0.25) is 0 Å². The number of aryl methyl sites for hydroxylation is 1. The van der Waals surface area contributed by atoms with E-state index in [1.807, 2.05) is 43.3 Å². The second-order valence-electron chi connectivity index (χ2n) is 5.62. The molecule has 1 atom stereocenters. The molecule has 2 N–H and O–H groups in total. The summed E-state index contributed by atoms with van der Waals surface area (Å²) in [6.07, 6.45) is 1.04. The van der Waals surface area contributed by atoms with E-state index in [0.29, 0.717) is 16.6 Å². The Morgan fingerprint density at radius 2 is 1.78 bits per heavy atom. The van der Waals surface area contributed by atoms with E-state index in [1.54, 1.807) is 6.07 Å². The van der Waals surface area contributed by atoms with Crippen molar-refractivity contribution in [1.82, 2.24) is 5.32 Å². The Morgan fingerprint density at radius 3 is 2.48 bits per heavy atom. The van der Waals surface area contributed by atoms with Crippen LogP contribution in [0.15, 0.2) is 48.5 Å². The number of hydrogen-bond donors (Lipinski definition) is 2. The van der Waals surface area contributed by atoms with Gasteiger partial charge in [0.25, 0.3) is 5.91 Å². The molecule has 1 amide bonds. The van der Waals surface area contributed by atoms with Crippen LogP contribution in [0.1, 0.15) is 47.7 Å². The summed E-state index contributed by atoms with van der Waals surface area (Å²) in [6, 6.07) is 15.5. The summed E-state index contributed by atoms with van der Waals surface area (Å²) in [7, 11) is 0. The van der Waals surface area contributed by atoms with Crippen molar-refractivity contribution in [3.63, 3.8) is 0 Å². The number of nitrogens with one attached hydrogen (secondary N) is 2. The molecule has 0 saturated carbocycles. The predicted octanol–water partition coefficient (Wildman–Crippen LogP) is 4.64. The lowest BCUT2D eigenvalue weighted by Crippen LogP contribution is -2.34. The van der Waals surface area contributed by atoms with Crippen molar-refractivity contribution in [2.24, 2.45) is 0 Å². The minimum atomic E-state index is -0.193. The minimum absolute atomic E-state index is 0.193. The van der Waals surface area contributed by atoms with Gasteiger partial charge < -0.3 is 5.32 Å². The molecule has 0 fully saturated rings. The number of hydrogen-bond acceptors (Lipinski definition) is 2. The molecule has 4 heteroatoms. The van der Waals surface area contributed by atoms with Crippen LogP contribution < -0.4 is 10.6 Å². The number of para-hydroxylation sites is 1. The lowest BCUT2D eigenvalue weighted by Gasteiger charge is -2.17. The second-order valence-corrected chi connectivity index (χ2v) is 6.03. The maximum atomic E-state index is 12.3. The largest absolute Gasteiger partial charge is 0.332 e. The van der Waals surface area contributed by atoms with Crippen molar-refractivity contribution in [2.75, 3.05) is 5.32 Å². The molecule has 2 aromatic carbocycles. The number of thiocarbonyl (C=S) groups is 1. The van der Waals surface area contributed by atoms with Crippen LogP contribution in [0.2, 0.25) is 0 Å². The van der Waals surface area contributed by atoms with Crippen molar-refractivity contribution in [1.29, 1.82) is 0 Å². The summed E-state index contributed by atoms with van der Waals surface area (Å²) in [5, 5.41) is 6.21. The molecule has 0 heterocycles. The summed E-state index contributed by atoms with van der Waals surface area (Å²) in [5.74, 6) is 0.232. The lowest BCUT2D eigenvalue weighted by molar-refractivity contribution is 0.0977. The summed E-state index contributed by atoms with van der Waals surface area (Å²) >= 11 is 5.29. The summed E-state index contributed by atoms with van der Waals surface area (Å²) < 4.78 is 0. The van der Waals surface area contributed by atoms with Crippen LogP contribution >= 0.6 is 12.2 Å². The SMILES string of the molecule is CC[C@@H](C)c1ccccc1NC(=S)NC(=O)c1ccccc1C. The third-order valence-electron chi connectivity index (χ3n) is 3.97. The van der Waals surface area contributed by atoms with Crippen LogP contribution in [0.4, 0.5) is 5.69 Å². The van der Waals surface area contributed by atoms with Crippen LogP contribution in [0.25, 0.3) is 0 Å². The van der Waals surface area contributed by atoms with Crippen LogP contribution in [-0.4, -0.2) is 11.0 Å². The highest BCUT2D eigenvalue weighted by atomic mass is 32.1. The second kappa shape index (κ2) is 7.88. The van der Waals surface area contributed by atoms with Crippen molar-refractivity contribution in [3.05, 3.63) is 65.2 Å². The van der Waals surface area contributed by atoms with Gasteiger partial charge in [0.05, 0.1) is 0 Å². The smallest absolute Gasteiger partial charge is 0.257 e. The van der Waals surface area contributed by atoms with E-state index in [2.05, 4.69) is 30.5 Å². The molecule has 0 unspecified atom stereocenters. The lowest BCUT2D eigenvalue weighted by atomic mass is 9.97. The molecule has 23 heavy (non-hydrogen) atoms. The zero-order chi connectivity index (χ0) is 16.8. The first-order valence-corrected chi connectivity index (χ1v) is 8.20. The number of rotatable bonds is 4. The van der Waals surface area contributed by atoms with Crippen molar-refractivity contribution >= 4 is 28.9 Å². The predicted molar refractivity (Wildman–Crippen MR) is 100 cm³/mol. The number of carbonyl (C=O) groups is 1. The molecule has 0 aliphatic rings. The quantitative estimate of drug-likeness (QED) is 0.805. The maximum Gasteiger partial charge on any atom is 0.257 e. The summed E-state index contributed by atoms with van der Waals surface area (Å²) in [4.78, 5) is 12.3. The first-order valence-electron chi connectivity index (χ1n) is 7.79. The Hall–Kier alpha value is -2.20. The van der Waals surface area contributed by atoms with E-state index in [1.165, 1.54) is 5.56 Å². The number of amides is 1. The Balaban J connectivity index is 2.09. The Morgan fingerprint density at radius 1 is 1.13 bits per heavy atom. The standard InChI is InChI=1S/C19H22N2OS/c1-4-13(2)15-10-7-8-12-17(15)20-19(23)21-18(22)16-11-6-5-9-14(16)3/h5-13H,4H2,1-3H3,(H2,20,21,22,23)/t13-/m1/s1. The normalized spacial score (nSPS) is 11.6. The highest BCUT2D eigenvalue weighted by Crippen LogP contribution is 2.26. The summed E-state index contributed by atoms with van der Waals surface area (Å²) in [6.45, 7) is 6.23. The highest BCUT2D eigenvalue weighted by molar-refractivity contribution is 7.80. The van der Waals surface area contributed by atoms with Gasteiger partial charge in [-0.1, -0.05) is 50.2 Å². The molecule has 0 saturated heterocycles. The fourth-order valence-electron chi connectivity index (χ4n) is 2.41. The Kier molecular flexibility index (Phi) is 5.88. The third kappa shape index (κ3) is 4.39. The molecule has 0 radical (unpaired) electrons. The Labute approximate surface area is 143 Å². The molecule has 2 aromatic rings. The van der Waals surface area contributed by atoms with Crippen LogP contribution in [0.3, 0.4) is 0 Å². The van der Waals surface area contributed by atoms with Gasteiger partial charge in [-0.05, 0) is 54.7 Å². The monoisotopic (exact) mass is 326 g/mol.